The molecule has 1 aliphatic heterocycles. The Morgan fingerprint density at radius 3 is 2.71 bits per heavy atom. The summed E-state index contributed by atoms with van der Waals surface area (Å²) in [5, 5.41) is 13.9. The molecule has 1 saturated heterocycles. The molecular weight excluding hydrogens is 379 g/mol. The van der Waals surface area contributed by atoms with Gasteiger partial charge in [-0.2, -0.15) is 0 Å². The number of hydrogen-bond donors (Lipinski definition) is 2. The average Bonchev–Trinajstić information content (AvgIpc) is 3.17. The molecule has 28 heavy (non-hydrogen) atoms. The molecule has 2 heterocycles. The first kappa shape index (κ1) is 18.6. The van der Waals surface area contributed by atoms with Crippen LogP contribution in [0.15, 0.2) is 35.0 Å². The van der Waals surface area contributed by atoms with Gasteiger partial charge in [-0.15, -0.1) is 0 Å². The molecule has 0 bridgehead atoms. The first-order valence-corrected chi connectivity index (χ1v) is 10.6. The molecule has 0 aliphatic carbocycles. The van der Waals surface area contributed by atoms with Gasteiger partial charge in [0.15, 0.2) is 0 Å². The second-order valence-electron chi connectivity index (χ2n) is 6.63. The summed E-state index contributed by atoms with van der Waals surface area (Å²) >= 11 is 0. The van der Waals surface area contributed by atoms with Gasteiger partial charge in [0.25, 0.3) is 0 Å². The van der Waals surface area contributed by atoms with E-state index in [0.29, 0.717) is 17.3 Å². The third-order valence-corrected chi connectivity index (χ3v) is 6.73. The van der Waals surface area contributed by atoms with E-state index in [1.54, 1.807) is 7.11 Å². The van der Waals surface area contributed by atoms with E-state index in [2.05, 4.69) is 15.3 Å². The van der Waals surface area contributed by atoms with Gasteiger partial charge in [0.05, 0.1) is 18.3 Å². The lowest BCUT2D eigenvalue weighted by Gasteiger charge is -2.15. The van der Waals surface area contributed by atoms with Crippen molar-refractivity contribution in [1.82, 2.24) is 9.97 Å². The van der Waals surface area contributed by atoms with Crippen LogP contribution in [0.3, 0.4) is 0 Å². The van der Waals surface area contributed by atoms with Crippen LogP contribution in [0.2, 0.25) is 0 Å². The van der Waals surface area contributed by atoms with Gasteiger partial charge in [0.1, 0.15) is 35.1 Å². The zero-order chi connectivity index (χ0) is 19.7. The molecule has 8 heteroatoms. The van der Waals surface area contributed by atoms with Gasteiger partial charge in [0.2, 0.25) is 0 Å². The van der Waals surface area contributed by atoms with Crippen molar-refractivity contribution in [2.24, 2.45) is 4.36 Å². The molecule has 4 rings (SSSR count). The number of phenols is 1. The number of methoxy groups -OCH3 is 1. The van der Waals surface area contributed by atoms with Gasteiger partial charge in [0, 0.05) is 28.5 Å². The van der Waals surface area contributed by atoms with E-state index in [9.17, 15) is 9.50 Å². The van der Waals surface area contributed by atoms with Crippen molar-refractivity contribution in [3.05, 3.63) is 42.0 Å². The van der Waals surface area contributed by atoms with Crippen LogP contribution < -0.4 is 10.1 Å². The zero-order valence-electron chi connectivity index (χ0n) is 15.7. The summed E-state index contributed by atoms with van der Waals surface area (Å²) in [5.74, 6) is 2.77. The number of aryl methyl sites for hydroxylation is 1. The minimum Gasteiger partial charge on any atom is -0.506 e. The number of rotatable bonds is 4. The Hall–Kier alpha value is -2.74. The lowest BCUT2D eigenvalue weighted by molar-refractivity contribution is 0.414. The monoisotopic (exact) mass is 400 g/mol. The predicted molar refractivity (Wildman–Crippen MR) is 111 cm³/mol. The highest BCUT2D eigenvalue weighted by atomic mass is 32.2. The van der Waals surface area contributed by atoms with E-state index in [1.165, 1.54) is 31.3 Å². The number of nitrogens with one attached hydrogen (secondary N) is 1. The summed E-state index contributed by atoms with van der Waals surface area (Å²) in [4.78, 5) is 8.73. The first-order valence-electron chi connectivity index (χ1n) is 9.04. The fraction of sp³-hybridized carbons (Fsp3) is 0.300. The molecule has 0 amide bonds. The Balaban J connectivity index is 1.84. The van der Waals surface area contributed by atoms with Gasteiger partial charge >= 0.3 is 0 Å². The molecular formula is C20H21FN4O2S. The van der Waals surface area contributed by atoms with E-state index in [0.717, 1.165) is 39.7 Å². The third-order valence-electron chi connectivity index (χ3n) is 4.75. The quantitative estimate of drug-likeness (QED) is 0.617. The maximum atomic E-state index is 13.3. The Kier molecular flexibility index (Phi) is 5.13. The van der Waals surface area contributed by atoms with Crippen LogP contribution in [0.4, 0.5) is 21.6 Å². The third kappa shape index (κ3) is 3.52. The van der Waals surface area contributed by atoms with E-state index >= 15 is 0 Å². The largest absolute Gasteiger partial charge is 0.506 e. The van der Waals surface area contributed by atoms with Crippen molar-refractivity contribution in [3.8, 4) is 11.5 Å². The van der Waals surface area contributed by atoms with Gasteiger partial charge in [-0.1, -0.05) is 10.7 Å². The van der Waals surface area contributed by atoms with Crippen LogP contribution in [0.25, 0.3) is 10.9 Å². The Morgan fingerprint density at radius 2 is 2.00 bits per heavy atom. The Morgan fingerprint density at radius 1 is 1.21 bits per heavy atom. The smallest absolute Gasteiger partial charge is 0.148 e. The van der Waals surface area contributed by atoms with Crippen molar-refractivity contribution in [1.29, 1.82) is 0 Å². The molecule has 0 radical (unpaired) electrons. The minimum atomic E-state index is -0.507. The summed E-state index contributed by atoms with van der Waals surface area (Å²) in [6.07, 6.45) is 3.90. The second kappa shape index (κ2) is 7.71. The van der Waals surface area contributed by atoms with E-state index in [4.69, 9.17) is 9.10 Å². The van der Waals surface area contributed by atoms with Crippen molar-refractivity contribution in [2.75, 3.05) is 23.9 Å². The average molecular weight is 400 g/mol. The number of fused-ring (bicyclic) bond motifs is 1. The summed E-state index contributed by atoms with van der Waals surface area (Å²) in [7, 11) is 1.67. The van der Waals surface area contributed by atoms with Crippen LogP contribution >= 0.6 is 0 Å². The number of aromatic nitrogens is 2. The molecule has 0 spiro atoms. The van der Waals surface area contributed by atoms with Gasteiger partial charge in [-0.05, 0) is 38.0 Å². The molecule has 0 atom stereocenters. The topological polar surface area (TPSA) is 79.6 Å². The molecule has 2 aromatic carbocycles. The molecule has 0 saturated carbocycles. The SMILES string of the molecule is COc1c(N=S2CCCC2)cc2ncnc(Nc3ccc(F)cc3O)c2c1C. The Bertz CT molecular complexity index is 1080. The number of phenolic OH excluding ortho intramolecular Hbond substituents is 1. The highest BCUT2D eigenvalue weighted by Crippen LogP contribution is 2.40. The van der Waals surface area contributed by atoms with Crippen LogP contribution in [0, 0.1) is 12.7 Å². The number of ether oxygens (including phenoxy) is 1. The number of benzene rings is 2. The molecule has 6 nitrogen and oxygen atoms in total. The van der Waals surface area contributed by atoms with Gasteiger partial charge < -0.3 is 15.2 Å². The molecule has 0 unspecified atom stereocenters. The van der Waals surface area contributed by atoms with Crippen LogP contribution in [-0.2, 0) is 10.7 Å². The molecule has 146 valence electrons. The summed E-state index contributed by atoms with van der Waals surface area (Å²) < 4.78 is 23.9. The summed E-state index contributed by atoms with van der Waals surface area (Å²) in [5.41, 5.74) is 2.78. The van der Waals surface area contributed by atoms with Gasteiger partial charge in [-0.25, -0.2) is 18.7 Å². The molecule has 1 aliphatic rings. The predicted octanol–water partition coefficient (Wildman–Crippen LogP) is 4.76. The van der Waals surface area contributed by atoms with Crippen molar-refractivity contribution < 1.29 is 14.2 Å². The van der Waals surface area contributed by atoms with Crippen molar-refractivity contribution in [3.63, 3.8) is 0 Å². The number of nitrogens with zero attached hydrogens (tertiary/aromatic N) is 3. The van der Waals surface area contributed by atoms with Crippen molar-refractivity contribution >= 4 is 38.8 Å². The second-order valence-corrected chi connectivity index (χ2v) is 8.55. The summed E-state index contributed by atoms with van der Waals surface area (Å²) in [6, 6.07) is 5.72. The maximum absolute atomic E-state index is 13.3. The highest BCUT2D eigenvalue weighted by molar-refractivity contribution is 7.87. The van der Waals surface area contributed by atoms with E-state index < -0.39 is 5.82 Å². The van der Waals surface area contributed by atoms with Crippen molar-refractivity contribution in [2.45, 2.75) is 19.8 Å². The van der Waals surface area contributed by atoms with Crippen LogP contribution in [0.5, 0.6) is 11.5 Å². The maximum Gasteiger partial charge on any atom is 0.148 e. The number of hydrogen-bond acceptors (Lipinski definition) is 6. The standard InChI is InChI=1S/C20H21FN4O2S/c1-12-18-15(10-16(19(12)27-2)25-28-7-3-4-8-28)22-11-23-20(18)24-14-6-5-13(21)9-17(14)26/h5-6,9-11,26H,3-4,7-8H2,1-2H3,(H,22,23,24). The lowest BCUT2D eigenvalue weighted by atomic mass is 10.1. The van der Waals surface area contributed by atoms with Crippen LogP contribution in [-0.4, -0.2) is 33.7 Å². The molecule has 1 fully saturated rings. The molecule has 1 aromatic heterocycles. The van der Waals surface area contributed by atoms with Crippen LogP contribution in [0.1, 0.15) is 18.4 Å². The summed E-state index contributed by atoms with van der Waals surface area (Å²) in [6.45, 7) is 1.94. The zero-order valence-corrected chi connectivity index (χ0v) is 16.5. The van der Waals surface area contributed by atoms with E-state index in [-0.39, 0.29) is 16.4 Å². The minimum absolute atomic E-state index is 0.0339. The Labute approximate surface area is 164 Å². The fourth-order valence-corrected chi connectivity index (χ4v) is 5.28. The number of aromatic hydroxyl groups is 1. The normalized spacial score (nSPS) is 14.4. The molecule has 3 aromatic rings. The molecule has 2 N–H and O–H groups in total. The lowest BCUT2D eigenvalue weighted by Crippen LogP contribution is -2.00. The van der Waals surface area contributed by atoms with E-state index in [1.807, 2.05) is 13.0 Å². The number of anilines is 2. The van der Waals surface area contributed by atoms with Gasteiger partial charge in [-0.3, -0.25) is 0 Å². The number of halogens is 1. The highest BCUT2D eigenvalue weighted by Gasteiger charge is 2.17. The first-order chi connectivity index (χ1) is 13.6. The fourth-order valence-electron chi connectivity index (χ4n) is 3.41.